The lowest BCUT2D eigenvalue weighted by Gasteiger charge is -2.16. The number of rotatable bonds is 5. The molecule has 2 heterocycles. The Morgan fingerprint density at radius 1 is 1.15 bits per heavy atom. The van der Waals surface area contributed by atoms with Crippen LogP contribution in [0.1, 0.15) is 10.4 Å². The number of thiophene rings is 1. The molecule has 1 atom stereocenters. The number of ether oxygens (including phenoxy) is 1. The van der Waals surface area contributed by atoms with Gasteiger partial charge < -0.3 is 10.1 Å². The molecule has 1 aliphatic rings. The molecule has 0 unspecified atom stereocenters. The van der Waals surface area contributed by atoms with Crippen molar-refractivity contribution in [1.29, 1.82) is 0 Å². The maximum Gasteiger partial charge on any atom is 0.122 e. The smallest absolute Gasteiger partial charge is 0.122 e. The van der Waals surface area contributed by atoms with Crippen LogP contribution in [0.5, 0.6) is 0 Å². The molecule has 3 rings (SSSR count). The number of hydrogen-bond acceptors (Lipinski definition) is 3. The third-order valence-corrected chi connectivity index (χ3v) is 4.11. The minimum Gasteiger partial charge on any atom is -0.490 e. The highest BCUT2D eigenvalue weighted by Crippen LogP contribution is 2.22. The molecule has 1 aliphatic heterocycles. The van der Waals surface area contributed by atoms with Gasteiger partial charge in [0.15, 0.2) is 0 Å². The van der Waals surface area contributed by atoms with Crippen LogP contribution in [0.25, 0.3) is 0 Å². The van der Waals surface area contributed by atoms with E-state index < -0.39 is 0 Å². The van der Waals surface area contributed by atoms with Gasteiger partial charge in [0.2, 0.25) is 0 Å². The molecule has 0 amide bonds. The summed E-state index contributed by atoms with van der Waals surface area (Å²) >= 11 is 1.72. The normalized spacial score (nSPS) is 17.7. The van der Waals surface area contributed by atoms with E-state index >= 15 is 0 Å². The van der Waals surface area contributed by atoms with Crippen molar-refractivity contribution in [3.8, 4) is 0 Å². The Hall–Kier alpha value is -2.00. The van der Waals surface area contributed by atoms with E-state index in [9.17, 15) is 0 Å². The van der Waals surface area contributed by atoms with Gasteiger partial charge in [-0.25, -0.2) is 0 Å². The summed E-state index contributed by atoms with van der Waals surface area (Å²) in [5, 5.41) is 5.44. The molecule has 1 N–H and O–H groups in total. The Morgan fingerprint density at radius 2 is 2.00 bits per heavy atom. The van der Waals surface area contributed by atoms with E-state index in [0.29, 0.717) is 6.61 Å². The van der Waals surface area contributed by atoms with Crippen LogP contribution in [0.3, 0.4) is 0 Å². The number of benzene rings is 1. The molecule has 0 bridgehead atoms. The van der Waals surface area contributed by atoms with Crippen LogP contribution in [0.2, 0.25) is 0 Å². The Morgan fingerprint density at radius 3 is 2.75 bits per heavy atom. The van der Waals surface area contributed by atoms with E-state index in [-0.39, 0.29) is 6.04 Å². The minimum absolute atomic E-state index is 0.185. The zero-order valence-electron chi connectivity index (χ0n) is 11.2. The van der Waals surface area contributed by atoms with E-state index in [4.69, 9.17) is 4.74 Å². The molecule has 0 spiro atoms. The standard InChI is InChI=1S/C17H17NOS/c1-13-10-17(19-12-15-8-5-9-20-15)16(18-13)11-14-6-3-2-4-7-14/h2-10,16,18H,1,11-12H2/t16-/m0/s1. The summed E-state index contributed by atoms with van der Waals surface area (Å²) in [6.45, 7) is 4.61. The molecule has 1 aromatic carbocycles. The number of nitrogens with one attached hydrogen (secondary N) is 1. The average Bonchev–Trinajstić information content (AvgIpc) is 3.07. The van der Waals surface area contributed by atoms with Gasteiger partial charge in [0, 0.05) is 16.7 Å². The molecule has 2 aromatic rings. The maximum absolute atomic E-state index is 5.95. The first-order chi connectivity index (χ1) is 9.81. The van der Waals surface area contributed by atoms with Crippen LogP contribution < -0.4 is 5.32 Å². The SMILES string of the molecule is C=C1C=C(OCc2cccs2)[C@H](Cc2ccccc2)N1. The van der Waals surface area contributed by atoms with E-state index in [1.54, 1.807) is 11.3 Å². The summed E-state index contributed by atoms with van der Waals surface area (Å²) in [4.78, 5) is 1.24. The summed E-state index contributed by atoms with van der Waals surface area (Å²) in [5.41, 5.74) is 2.22. The molecular weight excluding hydrogens is 266 g/mol. The fourth-order valence-corrected chi connectivity index (χ4v) is 2.92. The van der Waals surface area contributed by atoms with E-state index in [1.807, 2.05) is 18.2 Å². The molecule has 0 radical (unpaired) electrons. The largest absolute Gasteiger partial charge is 0.490 e. The van der Waals surface area contributed by atoms with Crippen LogP contribution >= 0.6 is 11.3 Å². The first-order valence-corrected chi connectivity index (χ1v) is 7.55. The van der Waals surface area contributed by atoms with Crippen molar-refractivity contribution < 1.29 is 4.74 Å². The molecule has 2 nitrogen and oxygen atoms in total. The third kappa shape index (κ3) is 3.11. The van der Waals surface area contributed by atoms with Crippen LogP contribution in [0.15, 0.2) is 72.0 Å². The Labute approximate surface area is 123 Å². The van der Waals surface area contributed by atoms with Gasteiger partial charge in [-0.2, -0.15) is 0 Å². The second-order valence-corrected chi connectivity index (χ2v) is 5.86. The Balaban J connectivity index is 1.65. The van der Waals surface area contributed by atoms with Crippen molar-refractivity contribution in [3.05, 3.63) is 82.4 Å². The van der Waals surface area contributed by atoms with E-state index in [1.165, 1.54) is 10.4 Å². The van der Waals surface area contributed by atoms with Crippen LogP contribution in [0, 0.1) is 0 Å². The van der Waals surface area contributed by atoms with Gasteiger partial charge in [-0.05, 0) is 23.4 Å². The summed E-state index contributed by atoms with van der Waals surface area (Å²) in [6.07, 6.45) is 2.91. The predicted octanol–water partition coefficient (Wildman–Crippen LogP) is 3.88. The van der Waals surface area contributed by atoms with Gasteiger partial charge in [-0.1, -0.05) is 43.0 Å². The molecule has 20 heavy (non-hydrogen) atoms. The van der Waals surface area contributed by atoms with Crippen molar-refractivity contribution in [2.24, 2.45) is 0 Å². The second kappa shape index (κ2) is 5.97. The van der Waals surface area contributed by atoms with Crippen molar-refractivity contribution >= 4 is 11.3 Å². The molecule has 0 fully saturated rings. The highest BCUT2D eigenvalue weighted by Gasteiger charge is 2.22. The van der Waals surface area contributed by atoms with Crippen LogP contribution in [-0.2, 0) is 17.8 Å². The topological polar surface area (TPSA) is 21.3 Å². The number of allylic oxidation sites excluding steroid dienone is 1. The van der Waals surface area contributed by atoms with Crippen LogP contribution in [-0.4, -0.2) is 6.04 Å². The lowest BCUT2D eigenvalue weighted by molar-refractivity contribution is 0.183. The van der Waals surface area contributed by atoms with Gasteiger partial charge in [-0.3, -0.25) is 0 Å². The van der Waals surface area contributed by atoms with E-state index in [2.05, 4.69) is 47.6 Å². The van der Waals surface area contributed by atoms with Crippen molar-refractivity contribution in [2.75, 3.05) is 0 Å². The lowest BCUT2D eigenvalue weighted by atomic mass is 10.1. The number of hydrogen-bond donors (Lipinski definition) is 1. The predicted molar refractivity (Wildman–Crippen MR) is 83.4 cm³/mol. The van der Waals surface area contributed by atoms with Crippen molar-refractivity contribution in [3.63, 3.8) is 0 Å². The van der Waals surface area contributed by atoms with Crippen molar-refractivity contribution in [2.45, 2.75) is 19.1 Å². The summed E-state index contributed by atoms with van der Waals surface area (Å²) in [6, 6.07) is 14.8. The quantitative estimate of drug-likeness (QED) is 0.899. The molecule has 0 saturated carbocycles. The molecule has 0 aliphatic carbocycles. The fourth-order valence-electron chi connectivity index (χ4n) is 2.30. The summed E-state index contributed by atoms with van der Waals surface area (Å²) in [7, 11) is 0. The fraction of sp³-hybridized carbons (Fsp3) is 0.176. The van der Waals surface area contributed by atoms with Gasteiger partial charge in [0.1, 0.15) is 12.4 Å². The monoisotopic (exact) mass is 283 g/mol. The molecule has 102 valence electrons. The zero-order valence-corrected chi connectivity index (χ0v) is 12.0. The molecule has 0 saturated heterocycles. The Kier molecular flexibility index (Phi) is 3.88. The van der Waals surface area contributed by atoms with Gasteiger partial charge in [-0.15, -0.1) is 11.3 Å². The van der Waals surface area contributed by atoms with Crippen LogP contribution in [0.4, 0.5) is 0 Å². The van der Waals surface area contributed by atoms with Gasteiger partial charge >= 0.3 is 0 Å². The molecule has 3 heteroatoms. The molecule has 1 aromatic heterocycles. The van der Waals surface area contributed by atoms with Crippen molar-refractivity contribution in [1.82, 2.24) is 5.32 Å². The maximum atomic E-state index is 5.95. The third-order valence-electron chi connectivity index (χ3n) is 3.26. The molecular formula is C17H17NOS. The first kappa shape index (κ1) is 13.0. The van der Waals surface area contributed by atoms with E-state index in [0.717, 1.165) is 17.9 Å². The Bertz CT molecular complexity index is 601. The summed E-state index contributed by atoms with van der Waals surface area (Å²) < 4.78 is 5.95. The zero-order chi connectivity index (χ0) is 13.8. The minimum atomic E-state index is 0.185. The first-order valence-electron chi connectivity index (χ1n) is 6.67. The van der Waals surface area contributed by atoms with Gasteiger partial charge in [0.05, 0.1) is 6.04 Å². The highest BCUT2D eigenvalue weighted by atomic mass is 32.1. The highest BCUT2D eigenvalue weighted by molar-refractivity contribution is 7.09. The lowest BCUT2D eigenvalue weighted by Crippen LogP contribution is -2.27. The van der Waals surface area contributed by atoms with Gasteiger partial charge in [0.25, 0.3) is 0 Å². The second-order valence-electron chi connectivity index (χ2n) is 4.83. The summed E-state index contributed by atoms with van der Waals surface area (Å²) in [5.74, 6) is 0.979. The average molecular weight is 283 g/mol.